The number of rotatable bonds is 5. The summed E-state index contributed by atoms with van der Waals surface area (Å²) in [7, 11) is 0. The Morgan fingerprint density at radius 2 is 1.50 bits per heavy atom. The van der Waals surface area contributed by atoms with Gasteiger partial charge in [0.15, 0.2) is 0 Å². The van der Waals surface area contributed by atoms with Crippen LogP contribution in [-0.2, 0) is 6.54 Å². The third-order valence-corrected chi connectivity index (χ3v) is 4.57. The molecule has 0 aliphatic carbocycles. The van der Waals surface area contributed by atoms with Crippen molar-refractivity contribution in [3.8, 4) is 11.8 Å². The highest BCUT2D eigenvalue weighted by Crippen LogP contribution is 2.37. The molecular formula is C20H18ClN3O4. The molecule has 28 heavy (non-hydrogen) atoms. The van der Waals surface area contributed by atoms with Crippen molar-refractivity contribution in [2.45, 2.75) is 26.3 Å². The Labute approximate surface area is 165 Å². The summed E-state index contributed by atoms with van der Waals surface area (Å²) in [5.74, 6) is -1.58. The molecule has 3 aromatic rings. The fourth-order valence-electron chi connectivity index (χ4n) is 2.78. The smallest absolute Gasteiger partial charge is 0.295 e. The average molecular weight is 400 g/mol. The Kier molecular flexibility index (Phi) is 5.75. The van der Waals surface area contributed by atoms with E-state index in [1.165, 1.54) is 34.9 Å². The molecule has 0 unspecified atom stereocenters. The van der Waals surface area contributed by atoms with Crippen molar-refractivity contribution >= 4 is 34.2 Å². The molecule has 1 aromatic heterocycles. The van der Waals surface area contributed by atoms with Crippen LogP contribution in [0.4, 0.5) is 0 Å². The average Bonchev–Trinajstić information content (AvgIpc) is 2.94. The molecule has 0 saturated carbocycles. The minimum Gasteiger partial charge on any atom is -0.494 e. The summed E-state index contributed by atoms with van der Waals surface area (Å²) in [6.07, 6.45) is 1.69. The molecule has 3 rings (SSSR count). The van der Waals surface area contributed by atoms with E-state index in [0.717, 1.165) is 12.8 Å². The lowest BCUT2D eigenvalue weighted by Crippen LogP contribution is -1.97. The Balaban J connectivity index is 1.84. The van der Waals surface area contributed by atoms with Gasteiger partial charge in [0.05, 0.1) is 0 Å². The van der Waals surface area contributed by atoms with E-state index in [1.807, 2.05) is 6.92 Å². The molecule has 0 radical (unpaired) electrons. The van der Waals surface area contributed by atoms with Crippen LogP contribution in [0.2, 0.25) is 5.02 Å². The van der Waals surface area contributed by atoms with Gasteiger partial charge in [-0.25, -0.2) is 0 Å². The van der Waals surface area contributed by atoms with Crippen LogP contribution in [0.5, 0.6) is 11.8 Å². The van der Waals surface area contributed by atoms with E-state index < -0.39 is 11.8 Å². The largest absolute Gasteiger partial charge is 0.494 e. The summed E-state index contributed by atoms with van der Waals surface area (Å²) in [5.41, 5.74) is 0.398. The number of nitrogens with zero attached hydrogens (tertiary/aromatic N) is 3. The van der Waals surface area contributed by atoms with E-state index in [4.69, 9.17) is 11.6 Å². The summed E-state index contributed by atoms with van der Waals surface area (Å²) in [4.78, 5) is 24.2. The number of benzene rings is 2. The maximum atomic E-state index is 12.3. The van der Waals surface area contributed by atoms with Gasteiger partial charge in [-0.2, -0.15) is 0 Å². The SMILES string of the molecule is CCCCn1c(O)c2ccc(C(=O)N=NC(=O)c3ccc(Cl)cc3)cc2c1O. The number of aromatic nitrogens is 1. The fraction of sp³-hybridized carbons (Fsp3) is 0.200. The van der Waals surface area contributed by atoms with Gasteiger partial charge >= 0.3 is 0 Å². The zero-order chi connectivity index (χ0) is 20.3. The van der Waals surface area contributed by atoms with Crippen molar-refractivity contribution in [2.24, 2.45) is 10.2 Å². The van der Waals surface area contributed by atoms with Gasteiger partial charge in [-0.05, 0) is 48.9 Å². The van der Waals surface area contributed by atoms with E-state index in [0.29, 0.717) is 22.3 Å². The van der Waals surface area contributed by atoms with E-state index in [2.05, 4.69) is 10.2 Å². The molecule has 2 N–H and O–H groups in total. The number of hydrogen-bond donors (Lipinski definition) is 2. The van der Waals surface area contributed by atoms with Gasteiger partial charge in [0.25, 0.3) is 11.8 Å². The number of halogens is 1. The topological polar surface area (TPSA) is 104 Å². The van der Waals surface area contributed by atoms with E-state index in [-0.39, 0.29) is 22.9 Å². The molecule has 0 fully saturated rings. The first-order chi connectivity index (χ1) is 13.4. The molecule has 0 aliphatic heterocycles. The van der Waals surface area contributed by atoms with Gasteiger partial charge < -0.3 is 10.2 Å². The van der Waals surface area contributed by atoms with Crippen LogP contribution >= 0.6 is 11.6 Å². The zero-order valence-electron chi connectivity index (χ0n) is 15.1. The Morgan fingerprint density at radius 1 is 0.929 bits per heavy atom. The van der Waals surface area contributed by atoms with Gasteiger partial charge in [0.2, 0.25) is 11.8 Å². The van der Waals surface area contributed by atoms with Crippen LogP contribution in [0.15, 0.2) is 52.7 Å². The molecule has 7 nitrogen and oxygen atoms in total. The predicted molar refractivity (Wildman–Crippen MR) is 105 cm³/mol. The third kappa shape index (κ3) is 3.89. The van der Waals surface area contributed by atoms with Gasteiger partial charge in [-0.3, -0.25) is 14.2 Å². The van der Waals surface area contributed by atoms with Crippen LogP contribution in [0, 0.1) is 0 Å². The lowest BCUT2D eigenvalue weighted by molar-refractivity contribution is 0.0947. The fourth-order valence-corrected chi connectivity index (χ4v) is 2.90. The quantitative estimate of drug-likeness (QED) is 0.593. The molecule has 0 bridgehead atoms. The number of azo groups is 1. The van der Waals surface area contributed by atoms with Gasteiger partial charge in [-0.15, -0.1) is 10.2 Å². The maximum Gasteiger partial charge on any atom is 0.295 e. The van der Waals surface area contributed by atoms with E-state index >= 15 is 0 Å². The van der Waals surface area contributed by atoms with Crippen LogP contribution in [0.1, 0.15) is 40.5 Å². The first-order valence-electron chi connectivity index (χ1n) is 8.72. The third-order valence-electron chi connectivity index (χ3n) is 4.32. The van der Waals surface area contributed by atoms with Gasteiger partial charge in [0, 0.05) is 33.5 Å². The summed E-state index contributed by atoms with van der Waals surface area (Å²) >= 11 is 5.77. The predicted octanol–water partition coefficient (Wildman–Crippen LogP) is 4.94. The minimum absolute atomic E-state index is 0.0560. The normalized spacial score (nSPS) is 11.4. The number of hydrogen-bond acceptors (Lipinski definition) is 4. The first-order valence-corrected chi connectivity index (χ1v) is 9.10. The summed E-state index contributed by atoms with van der Waals surface area (Å²) in [6, 6.07) is 10.5. The minimum atomic E-state index is -0.732. The second-order valence-electron chi connectivity index (χ2n) is 6.23. The van der Waals surface area contributed by atoms with Gasteiger partial charge in [0.1, 0.15) is 0 Å². The maximum absolute atomic E-state index is 12.3. The number of carbonyl (C=O) groups excluding carboxylic acids is 2. The first kappa shape index (κ1) is 19.6. The van der Waals surface area contributed by atoms with E-state index in [1.54, 1.807) is 12.1 Å². The highest BCUT2D eigenvalue weighted by molar-refractivity contribution is 6.30. The van der Waals surface area contributed by atoms with Crippen LogP contribution in [0.3, 0.4) is 0 Å². The second-order valence-corrected chi connectivity index (χ2v) is 6.67. The highest BCUT2D eigenvalue weighted by atomic mass is 35.5. The Bertz CT molecular complexity index is 1070. The van der Waals surface area contributed by atoms with Crippen molar-refractivity contribution in [3.05, 3.63) is 58.6 Å². The number of aromatic hydroxyl groups is 2. The molecule has 1 heterocycles. The second kappa shape index (κ2) is 8.22. The van der Waals surface area contributed by atoms with Crippen LogP contribution in [-0.4, -0.2) is 26.6 Å². The Hall–Kier alpha value is -3.19. The molecule has 2 aromatic carbocycles. The van der Waals surface area contributed by atoms with Gasteiger partial charge in [-0.1, -0.05) is 24.9 Å². The zero-order valence-corrected chi connectivity index (χ0v) is 15.8. The van der Waals surface area contributed by atoms with Crippen molar-refractivity contribution in [1.29, 1.82) is 0 Å². The molecule has 0 spiro atoms. The van der Waals surface area contributed by atoms with Crippen molar-refractivity contribution in [1.82, 2.24) is 4.57 Å². The molecule has 0 atom stereocenters. The number of unbranched alkanes of at least 4 members (excludes halogenated alkanes) is 1. The molecule has 0 saturated heterocycles. The molecule has 144 valence electrons. The molecule has 2 amide bonds. The molecule has 8 heteroatoms. The van der Waals surface area contributed by atoms with Crippen molar-refractivity contribution in [3.63, 3.8) is 0 Å². The monoisotopic (exact) mass is 399 g/mol. The summed E-state index contributed by atoms with van der Waals surface area (Å²) < 4.78 is 1.40. The highest BCUT2D eigenvalue weighted by Gasteiger charge is 2.17. The summed E-state index contributed by atoms with van der Waals surface area (Å²) in [6.45, 7) is 2.46. The van der Waals surface area contributed by atoms with E-state index in [9.17, 15) is 19.8 Å². The van der Waals surface area contributed by atoms with Crippen molar-refractivity contribution < 1.29 is 19.8 Å². The lowest BCUT2D eigenvalue weighted by atomic mass is 10.1. The van der Waals surface area contributed by atoms with Crippen molar-refractivity contribution in [2.75, 3.05) is 0 Å². The Morgan fingerprint density at radius 3 is 2.14 bits per heavy atom. The number of fused-ring (bicyclic) bond motifs is 1. The summed E-state index contributed by atoms with van der Waals surface area (Å²) in [5, 5.41) is 28.8. The van der Waals surface area contributed by atoms with Crippen LogP contribution in [0.25, 0.3) is 10.8 Å². The number of carbonyl (C=O) groups is 2. The molecular weight excluding hydrogens is 382 g/mol. The lowest BCUT2D eigenvalue weighted by Gasteiger charge is -2.04. The van der Waals surface area contributed by atoms with Crippen LogP contribution < -0.4 is 0 Å². The number of amides is 2. The molecule has 0 aliphatic rings. The standard InChI is InChI=1S/C20H18ClN3O4/c1-2-3-10-24-19(27)15-9-6-13(11-16(15)20(24)28)18(26)23-22-17(25)12-4-7-14(21)8-5-12/h4-9,11,27-28H,2-3,10H2,1H3.